The molecule has 0 fully saturated rings. The van der Waals surface area contributed by atoms with Crippen LogP contribution >= 0.6 is 31.9 Å². The van der Waals surface area contributed by atoms with E-state index < -0.39 is 0 Å². The minimum absolute atomic E-state index is 0.898. The molecule has 106 valence electrons. The van der Waals surface area contributed by atoms with E-state index in [1.807, 2.05) is 18.5 Å². The zero-order valence-corrected chi connectivity index (χ0v) is 14.7. The largest absolute Gasteiger partial charge is 0.330 e. The quantitative estimate of drug-likeness (QED) is 0.541. The van der Waals surface area contributed by atoms with E-state index in [1.54, 1.807) is 0 Å². The zero-order chi connectivity index (χ0) is 14.8. The maximum atomic E-state index is 4.62. The molecule has 4 heteroatoms. The lowest BCUT2D eigenvalue weighted by Crippen LogP contribution is -1.96. The summed E-state index contributed by atoms with van der Waals surface area (Å²) in [5.41, 5.74) is 4.48. The molecular weight excluding hydrogens is 392 g/mol. The van der Waals surface area contributed by atoms with Crippen molar-refractivity contribution in [1.82, 2.24) is 9.55 Å². The van der Waals surface area contributed by atoms with Crippen molar-refractivity contribution >= 4 is 31.9 Å². The van der Waals surface area contributed by atoms with Gasteiger partial charge in [0.2, 0.25) is 0 Å². The second kappa shape index (κ2) is 6.16. The highest BCUT2D eigenvalue weighted by atomic mass is 79.9. The molecule has 0 bridgehead atoms. The second-order valence-corrected chi connectivity index (χ2v) is 6.57. The van der Waals surface area contributed by atoms with Crippen LogP contribution in [0.4, 0.5) is 0 Å². The summed E-state index contributed by atoms with van der Waals surface area (Å²) in [6.45, 7) is 3.03. The molecule has 1 heterocycles. The SMILES string of the molecule is CCn1cnc(-c2ccc(Br)cc2)c1-c1ccc(Br)cc1. The third-order valence-corrected chi connectivity index (χ3v) is 4.47. The van der Waals surface area contributed by atoms with Gasteiger partial charge in [-0.25, -0.2) is 4.98 Å². The Morgan fingerprint density at radius 2 is 1.38 bits per heavy atom. The van der Waals surface area contributed by atoms with Gasteiger partial charge in [-0.05, 0) is 31.2 Å². The van der Waals surface area contributed by atoms with Gasteiger partial charge in [0.15, 0.2) is 0 Å². The molecule has 3 aromatic rings. The molecule has 0 saturated heterocycles. The number of rotatable bonds is 3. The van der Waals surface area contributed by atoms with Gasteiger partial charge in [0, 0.05) is 26.6 Å². The summed E-state index contributed by atoms with van der Waals surface area (Å²) in [5.74, 6) is 0. The van der Waals surface area contributed by atoms with Crippen molar-refractivity contribution in [3.05, 3.63) is 63.8 Å². The highest BCUT2D eigenvalue weighted by molar-refractivity contribution is 9.10. The highest BCUT2D eigenvalue weighted by Crippen LogP contribution is 2.32. The van der Waals surface area contributed by atoms with Gasteiger partial charge in [-0.15, -0.1) is 0 Å². The number of imidazole rings is 1. The lowest BCUT2D eigenvalue weighted by molar-refractivity contribution is 0.769. The molecule has 0 atom stereocenters. The molecule has 2 nitrogen and oxygen atoms in total. The van der Waals surface area contributed by atoms with Gasteiger partial charge in [0.25, 0.3) is 0 Å². The smallest absolute Gasteiger partial charge is 0.0963 e. The number of aromatic nitrogens is 2. The minimum atomic E-state index is 0.898. The summed E-state index contributed by atoms with van der Waals surface area (Å²) in [6.07, 6.45) is 1.91. The van der Waals surface area contributed by atoms with Crippen LogP contribution in [0.15, 0.2) is 63.8 Å². The average Bonchev–Trinajstić information content (AvgIpc) is 2.93. The fraction of sp³-hybridized carbons (Fsp3) is 0.118. The van der Waals surface area contributed by atoms with Gasteiger partial charge in [-0.1, -0.05) is 56.1 Å². The molecule has 0 radical (unpaired) electrons. The van der Waals surface area contributed by atoms with E-state index in [9.17, 15) is 0 Å². The van der Waals surface area contributed by atoms with Crippen LogP contribution < -0.4 is 0 Å². The van der Waals surface area contributed by atoms with Crippen LogP contribution in [0.3, 0.4) is 0 Å². The molecule has 0 spiro atoms. The van der Waals surface area contributed by atoms with Crippen LogP contribution in [0, 0.1) is 0 Å². The number of halogens is 2. The van der Waals surface area contributed by atoms with Gasteiger partial charge < -0.3 is 4.57 Å². The first-order valence-electron chi connectivity index (χ1n) is 6.76. The molecular formula is C17H14Br2N2. The van der Waals surface area contributed by atoms with Crippen LogP contribution in [0.5, 0.6) is 0 Å². The van der Waals surface area contributed by atoms with Gasteiger partial charge >= 0.3 is 0 Å². The van der Waals surface area contributed by atoms with Gasteiger partial charge in [0.1, 0.15) is 0 Å². The molecule has 0 aliphatic carbocycles. The maximum Gasteiger partial charge on any atom is 0.0963 e. The summed E-state index contributed by atoms with van der Waals surface area (Å²) in [5, 5.41) is 0. The van der Waals surface area contributed by atoms with Crippen molar-refractivity contribution in [3.8, 4) is 22.5 Å². The summed E-state index contributed by atoms with van der Waals surface area (Å²) in [4.78, 5) is 4.62. The lowest BCUT2D eigenvalue weighted by atomic mass is 10.0. The standard InChI is InChI=1S/C17H14Br2N2/c1-2-21-11-20-16(12-3-7-14(18)8-4-12)17(21)13-5-9-15(19)10-6-13/h3-11H,2H2,1H3. The molecule has 0 aliphatic heterocycles. The summed E-state index contributed by atoms with van der Waals surface area (Å²) >= 11 is 6.97. The number of nitrogens with zero attached hydrogens (tertiary/aromatic N) is 2. The Kier molecular flexibility index (Phi) is 4.27. The fourth-order valence-corrected chi connectivity index (χ4v) is 2.88. The summed E-state index contributed by atoms with van der Waals surface area (Å²) < 4.78 is 4.34. The minimum Gasteiger partial charge on any atom is -0.330 e. The Morgan fingerprint density at radius 1 is 0.857 bits per heavy atom. The van der Waals surface area contributed by atoms with Crippen molar-refractivity contribution in [3.63, 3.8) is 0 Å². The van der Waals surface area contributed by atoms with E-state index in [0.29, 0.717) is 0 Å². The van der Waals surface area contributed by atoms with E-state index in [4.69, 9.17) is 0 Å². The topological polar surface area (TPSA) is 17.8 Å². The number of aryl methyl sites for hydroxylation is 1. The molecule has 0 saturated carbocycles. The van der Waals surface area contributed by atoms with Crippen LogP contribution in [0.2, 0.25) is 0 Å². The van der Waals surface area contributed by atoms with Crippen LogP contribution in [0.25, 0.3) is 22.5 Å². The van der Waals surface area contributed by atoms with Crippen molar-refractivity contribution in [2.75, 3.05) is 0 Å². The Bertz CT molecular complexity index is 743. The predicted octanol–water partition coefficient (Wildman–Crippen LogP) is 5.76. The second-order valence-electron chi connectivity index (χ2n) is 4.74. The normalized spacial score (nSPS) is 10.8. The molecule has 0 unspecified atom stereocenters. The van der Waals surface area contributed by atoms with Crippen molar-refractivity contribution in [1.29, 1.82) is 0 Å². The number of hydrogen-bond donors (Lipinski definition) is 0. The van der Waals surface area contributed by atoms with E-state index in [1.165, 1.54) is 5.56 Å². The first-order valence-corrected chi connectivity index (χ1v) is 8.34. The van der Waals surface area contributed by atoms with Crippen LogP contribution in [-0.4, -0.2) is 9.55 Å². The monoisotopic (exact) mass is 404 g/mol. The van der Waals surface area contributed by atoms with Crippen molar-refractivity contribution < 1.29 is 0 Å². The molecule has 2 aromatic carbocycles. The molecule has 0 amide bonds. The lowest BCUT2D eigenvalue weighted by Gasteiger charge is -2.09. The Labute approximate surface area is 141 Å². The van der Waals surface area contributed by atoms with Crippen molar-refractivity contribution in [2.24, 2.45) is 0 Å². The summed E-state index contributed by atoms with van der Waals surface area (Å²) in [6, 6.07) is 16.6. The molecule has 0 aliphatic rings. The molecule has 1 aromatic heterocycles. The predicted molar refractivity (Wildman–Crippen MR) is 94.2 cm³/mol. The molecule has 21 heavy (non-hydrogen) atoms. The Morgan fingerprint density at radius 3 is 1.90 bits per heavy atom. The molecule has 3 rings (SSSR count). The van der Waals surface area contributed by atoms with E-state index in [-0.39, 0.29) is 0 Å². The van der Waals surface area contributed by atoms with Gasteiger partial charge in [-0.2, -0.15) is 0 Å². The Balaban J connectivity index is 2.16. The average molecular weight is 406 g/mol. The maximum absolute atomic E-state index is 4.62. The van der Waals surface area contributed by atoms with E-state index in [2.05, 4.69) is 84.7 Å². The highest BCUT2D eigenvalue weighted by Gasteiger charge is 2.14. The van der Waals surface area contributed by atoms with E-state index >= 15 is 0 Å². The van der Waals surface area contributed by atoms with Crippen LogP contribution in [-0.2, 0) is 6.54 Å². The third-order valence-electron chi connectivity index (χ3n) is 3.41. The number of hydrogen-bond acceptors (Lipinski definition) is 1. The molecule has 0 N–H and O–H groups in total. The first kappa shape index (κ1) is 14.5. The first-order chi connectivity index (χ1) is 10.2. The zero-order valence-electron chi connectivity index (χ0n) is 11.6. The fourth-order valence-electron chi connectivity index (χ4n) is 2.35. The number of benzene rings is 2. The van der Waals surface area contributed by atoms with E-state index in [0.717, 1.165) is 32.4 Å². The van der Waals surface area contributed by atoms with Crippen LogP contribution in [0.1, 0.15) is 6.92 Å². The van der Waals surface area contributed by atoms with Gasteiger partial charge in [-0.3, -0.25) is 0 Å². The third kappa shape index (κ3) is 2.97. The van der Waals surface area contributed by atoms with Crippen molar-refractivity contribution in [2.45, 2.75) is 13.5 Å². The summed E-state index contributed by atoms with van der Waals surface area (Å²) in [7, 11) is 0. The Hall–Kier alpha value is -1.39. The van der Waals surface area contributed by atoms with Gasteiger partial charge in [0.05, 0.1) is 17.7 Å².